The quantitative estimate of drug-likeness (QED) is 0.286. The zero-order valence-corrected chi connectivity index (χ0v) is 19.5. The average molecular weight is 526 g/mol. The lowest BCUT2D eigenvalue weighted by atomic mass is 10.3. The predicted octanol–water partition coefficient (Wildman–Crippen LogP) is 2.26. The van der Waals surface area contributed by atoms with Crippen molar-refractivity contribution in [1.29, 1.82) is 0 Å². The predicted molar refractivity (Wildman–Crippen MR) is 122 cm³/mol. The van der Waals surface area contributed by atoms with Crippen LogP contribution in [0.2, 0.25) is 0 Å². The lowest BCUT2D eigenvalue weighted by Crippen LogP contribution is -2.52. The Morgan fingerprint density at radius 2 is 2.13 bits per heavy atom. The molecule has 3 aromatic rings. The molecular formula is C19H27IN8O2. The Morgan fingerprint density at radius 1 is 1.30 bits per heavy atom. The first-order valence-electron chi connectivity index (χ1n) is 9.84. The van der Waals surface area contributed by atoms with E-state index in [1.807, 2.05) is 25.1 Å². The number of aromatic amines is 1. The molecule has 0 aromatic carbocycles. The first-order valence-corrected chi connectivity index (χ1v) is 9.84. The number of H-pyrrole nitrogens is 1. The van der Waals surface area contributed by atoms with Crippen molar-refractivity contribution < 1.29 is 8.94 Å². The van der Waals surface area contributed by atoms with Gasteiger partial charge in [0, 0.05) is 45.3 Å². The van der Waals surface area contributed by atoms with E-state index in [0.717, 1.165) is 56.7 Å². The molecule has 1 saturated heterocycles. The highest BCUT2D eigenvalue weighted by Crippen LogP contribution is 2.15. The minimum absolute atomic E-state index is 0. The van der Waals surface area contributed by atoms with Crippen molar-refractivity contribution >= 4 is 29.9 Å². The molecule has 1 aliphatic heterocycles. The van der Waals surface area contributed by atoms with Crippen molar-refractivity contribution in [2.45, 2.75) is 26.9 Å². The van der Waals surface area contributed by atoms with E-state index in [1.54, 1.807) is 6.26 Å². The number of aryl methyl sites for hydroxylation is 1. The Bertz CT molecular complexity index is 928. The highest BCUT2D eigenvalue weighted by molar-refractivity contribution is 14.0. The third kappa shape index (κ3) is 5.59. The third-order valence-corrected chi connectivity index (χ3v) is 4.72. The van der Waals surface area contributed by atoms with E-state index in [4.69, 9.17) is 13.9 Å². The molecule has 0 aliphatic carbocycles. The van der Waals surface area contributed by atoms with Crippen LogP contribution in [-0.4, -0.2) is 68.8 Å². The van der Waals surface area contributed by atoms with Crippen molar-refractivity contribution in [3.8, 4) is 11.6 Å². The van der Waals surface area contributed by atoms with Gasteiger partial charge in [-0.3, -0.25) is 10.00 Å². The van der Waals surface area contributed by atoms with E-state index in [0.29, 0.717) is 24.0 Å². The van der Waals surface area contributed by atoms with Crippen LogP contribution in [-0.2, 0) is 13.1 Å². The van der Waals surface area contributed by atoms with Crippen LogP contribution in [0.4, 0.5) is 0 Å². The maximum absolute atomic E-state index is 5.33. The Labute approximate surface area is 192 Å². The van der Waals surface area contributed by atoms with Gasteiger partial charge in [-0.1, -0.05) is 5.16 Å². The minimum atomic E-state index is 0. The molecule has 4 heterocycles. The Hall–Kier alpha value is -2.41. The molecule has 1 aliphatic rings. The molecule has 11 heteroatoms. The molecule has 1 fully saturated rings. The number of hydrogen-bond acceptors (Lipinski definition) is 7. The highest BCUT2D eigenvalue weighted by Gasteiger charge is 2.20. The summed E-state index contributed by atoms with van der Waals surface area (Å²) in [6.07, 6.45) is 1.61. The number of hydrogen-bond donors (Lipinski definition) is 2. The van der Waals surface area contributed by atoms with E-state index in [-0.39, 0.29) is 24.0 Å². The second kappa shape index (κ2) is 10.6. The number of piperazine rings is 1. The number of aromatic nitrogens is 4. The monoisotopic (exact) mass is 526 g/mol. The number of nitrogens with zero attached hydrogens (tertiary/aromatic N) is 6. The fourth-order valence-corrected chi connectivity index (χ4v) is 3.30. The van der Waals surface area contributed by atoms with E-state index in [1.165, 1.54) is 0 Å². The van der Waals surface area contributed by atoms with Crippen LogP contribution in [0, 0.1) is 6.92 Å². The van der Waals surface area contributed by atoms with Gasteiger partial charge in [0.05, 0.1) is 12.0 Å². The molecule has 0 saturated carbocycles. The summed E-state index contributed by atoms with van der Waals surface area (Å²) in [5, 5.41) is 14.6. The van der Waals surface area contributed by atoms with Gasteiger partial charge < -0.3 is 19.2 Å². The van der Waals surface area contributed by atoms with Gasteiger partial charge in [-0.15, -0.1) is 29.1 Å². The summed E-state index contributed by atoms with van der Waals surface area (Å²) in [4.78, 5) is 13.8. The molecule has 10 nitrogen and oxygen atoms in total. The molecule has 162 valence electrons. The molecule has 0 atom stereocenters. The lowest BCUT2D eigenvalue weighted by Gasteiger charge is -2.36. The van der Waals surface area contributed by atoms with Gasteiger partial charge in [0.15, 0.2) is 11.7 Å². The van der Waals surface area contributed by atoms with Gasteiger partial charge in [0.2, 0.25) is 5.82 Å². The number of halogens is 1. The largest absolute Gasteiger partial charge is 0.461 e. The smallest absolute Gasteiger partial charge is 0.216 e. The zero-order valence-electron chi connectivity index (χ0n) is 17.2. The van der Waals surface area contributed by atoms with Gasteiger partial charge in [-0.2, -0.15) is 0 Å². The summed E-state index contributed by atoms with van der Waals surface area (Å²) in [5.74, 6) is 3.62. The fraction of sp³-hybridized carbons (Fsp3) is 0.474. The standard InChI is InChI=1S/C19H26N8O2.HI/c1-3-20-19(21-12-17-22-18(24-23-17)16-5-4-10-28-16)27-8-6-26(7-9-27)13-15-11-14(2)29-25-15;/h4-5,10-11H,3,6-9,12-13H2,1-2H3,(H,20,21)(H,22,23,24);1H. The van der Waals surface area contributed by atoms with Gasteiger partial charge in [-0.05, 0) is 26.0 Å². The van der Waals surface area contributed by atoms with Crippen LogP contribution in [0.25, 0.3) is 11.6 Å². The second-order valence-corrected chi connectivity index (χ2v) is 6.95. The summed E-state index contributed by atoms with van der Waals surface area (Å²) < 4.78 is 10.5. The van der Waals surface area contributed by atoms with Gasteiger partial charge >= 0.3 is 0 Å². The number of aliphatic imine (C=N–C) groups is 1. The number of furan rings is 1. The van der Waals surface area contributed by atoms with Crippen molar-refractivity contribution in [3.05, 3.63) is 41.7 Å². The average Bonchev–Trinajstić information content (AvgIpc) is 3.48. The highest BCUT2D eigenvalue weighted by atomic mass is 127. The normalized spacial score (nSPS) is 15.3. The molecule has 0 amide bonds. The van der Waals surface area contributed by atoms with Crippen molar-refractivity contribution in [2.24, 2.45) is 4.99 Å². The summed E-state index contributed by atoms with van der Waals surface area (Å²) in [6, 6.07) is 5.64. The first-order chi connectivity index (χ1) is 14.2. The van der Waals surface area contributed by atoms with E-state index >= 15 is 0 Å². The Kier molecular flexibility index (Phi) is 7.85. The van der Waals surface area contributed by atoms with Crippen molar-refractivity contribution in [1.82, 2.24) is 35.5 Å². The van der Waals surface area contributed by atoms with Crippen molar-refractivity contribution in [2.75, 3.05) is 32.7 Å². The second-order valence-electron chi connectivity index (χ2n) is 6.95. The fourth-order valence-electron chi connectivity index (χ4n) is 3.30. The minimum Gasteiger partial charge on any atom is -0.461 e. The summed E-state index contributed by atoms with van der Waals surface area (Å²) >= 11 is 0. The van der Waals surface area contributed by atoms with E-state index in [9.17, 15) is 0 Å². The molecule has 2 N–H and O–H groups in total. The molecular weight excluding hydrogens is 499 g/mol. The van der Waals surface area contributed by atoms with Crippen LogP contribution in [0.1, 0.15) is 24.2 Å². The lowest BCUT2D eigenvalue weighted by molar-refractivity contribution is 0.169. The van der Waals surface area contributed by atoms with Crippen LogP contribution < -0.4 is 5.32 Å². The third-order valence-electron chi connectivity index (χ3n) is 4.72. The molecule has 0 unspecified atom stereocenters. The number of guanidine groups is 1. The summed E-state index contributed by atoms with van der Waals surface area (Å²) in [7, 11) is 0. The SMILES string of the molecule is CCNC(=NCc1nc(-c2ccco2)n[nH]1)N1CCN(Cc2cc(C)on2)CC1.I. The van der Waals surface area contributed by atoms with Crippen LogP contribution in [0.3, 0.4) is 0 Å². The molecule has 0 bridgehead atoms. The van der Waals surface area contributed by atoms with Crippen LogP contribution >= 0.6 is 24.0 Å². The topological polar surface area (TPSA) is 112 Å². The van der Waals surface area contributed by atoms with E-state index in [2.05, 4.69) is 42.4 Å². The zero-order chi connectivity index (χ0) is 20.1. The number of rotatable bonds is 6. The molecule has 4 rings (SSSR count). The molecule has 30 heavy (non-hydrogen) atoms. The van der Waals surface area contributed by atoms with Crippen molar-refractivity contribution in [3.63, 3.8) is 0 Å². The van der Waals surface area contributed by atoms with Gasteiger partial charge in [0.1, 0.15) is 18.1 Å². The van der Waals surface area contributed by atoms with E-state index < -0.39 is 0 Å². The maximum Gasteiger partial charge on any atom is 0.216 e. The maximum atomic E-state index is 5.33. The molecule has 3 aromatic heterocycles. The van der Waals surface area contributed by atoms with Gasteiger partial charge in [0.25, 0.3) is 0 Å². The summed E-state index contributed by atoms with van der Waals surface area (Å²) in [6.45, 7) is 9.73. The Morgan fingerprint density at radius 3 is 2.80 bits per heavy atom. The first kappa shape index (κ1) is 22.3. The molecule has 0 spiro atoms. The van der Waals surface area contributed by atoms with Crippen LogP contribution in [0.15, 0.2) is 38.4 Å². The van der Waals surface area contributed by atoms with Crippen LogP contribution in [0.5, 0.6) is 0 Å². The number of nitrogens with one attached hydrogen (secondary N) is 2. The molecule has 0 radical (unpaired) electrons. The Balaban J connectivity index is 0.00000256. The van der Waals surface area contributed by atoms with Gasteiger partial charge in [-0.25, -0.2) is 9.98 Å². The summed E-state index contributed by atoms with van der Waals surface area (Å²) in [5.41, 5.74) is 0.981.